The van der Waals surface area contributed by atoms with Gasteiger partial charge in [0.1, 0.15) is 4.83 Å². The van der Waals surface area contributed by atoms with Crippen molar-refractivity contribution in [1.82, 2.24) is 9.55 Å². The highest BCUT2D eigenvalue weighted by Crippen LogP contribution is 2.37. The molecule has 4 aromatic rings. The molecule has 5 nitrogen and oxygen atoms in total. The summed E-state index contributed by atoms with van der Waals surface area (Å²) in [5.74, 6) is 0.677. The van der Waals surface area contributed by atoms with Gasteiger partial charge in [-0.2, -0.15) is 0 Å². The molecule has 0 bridgehead atoms. The van der Waals surface area contributed by atoms with Crippen molar-refractivity contribution in [2.24, 2.45) is 5.92 Å². The van der Waals surface area contributed by atoms with Gasteiger partial charge in [-0.25, -0.2) is 4.98 Å². The zero-order valence-corrected chi connectivity index (χ0v) is 21.2. The number of fused-ring (bicyclic) bond motifs is 3. The maximum atomic E-state index is 13.8. The van der Waals surface area contributed by atoms with Crippen LogP contribution in [0.25, 0.3) is 15.9 Å². The molecule has 2 aromatic heterocycles. The number of amides is 1. The Hall–Kier alpha value is -2.90. The third-order valence-corrected chi connectivity index (χ3v) is 8.48. The van der Waals surface area contributed by atoms with E-state index < -0.39 is 0 Å². The molecule has 1 aliphatic carbocycles. The van der Waals surface area contributed by atoms with Gasteiger partial charge in [0.05, 0.1) is 16.8 Å². The second-order valence-corrected chi connectivity index (χ2v) is 11.0. The molecule has 174 valence electrons. The molecule has 0 unspecified atom stereocenters. The van der Waals surface area contributed by atoms with Crippen LogP contribution >= 0.6 is 23.1 Å². The number of para-hydroxylation sites is 2. The summed E-state index contributed by atoms with van der Waals surface area (Å²) < 4.78 is 1.67. The van der Waals surface area contributed by atoms with E-state index in [-0.39, 0.29) is 17.2 Å². The van der Waals surface area contributed by atoms with E-state index in [0.29, 0.717) is 11.1 Å². The fourth-order valence-corrected chi connectivity index (χ4v) is 6.83. The molecule has 1 aliphatic rings. The lowest BCUT2D eigenvalue weighted by Gasteiger charge is -2.18. The first-order valence-corrected chi connectivity index (χ1v) is 13.3. The third kappa shape index (κ3) is 4.30. The summed E-state index contributed by atoms with van der Waals surface area (Å²) in [6.45, 7) is 6.23. The lowest BCUT2D eigenvalue weighted by atomic mass is 9.89. The standard InChI is InChI=1S/C27H27N3O2S2/c1-16-12-13-20-21(14-16)34-25-23(20)26(32)30(19-10-5-4-6-11-19)27(29-25)33-15-22(31)28-24-17(2)8-7-9-18(24)3/h4-11,16H,12-15H2,1-3H3,(H,28,31)/t16-/m1/s1. The van der Waals surface area contributed by atoms with Crippen LogP contribution in [0.3, 0.4) is 0 Å². The lowest BCUT2D eigenvalue weighted by molar-refractivity contribution is -0.113. The number of rotatable bonds is 5. The Morgan fingerprint density at radius 2 is 1.88 bits per heavy atom. The van der Waals surface area contributed by atoms with E-state index in [1.165, 1.54) is 22.2 Å². The number of nitrogens with zero attached hydrogens (tertiary/aromatic N) is 2. The van der Waals surface area contributed by atoms with Gasteiger partial charge in [0.25, 0.3) is 5.56 Å². The molecule has 0 saturated heterocycles. The quantitative estimate of drug-likeness (QED) is 0.279. The van der Waals surface area contributed by atoms with E-state index in [1.54, 1.807) is 15.9 Å². The van der Waals surface area contributed by atoms with Crippen LogP contribution in [-0.2, 0) is 17.6 Å². The zero-order chi connectivity index (χ0) is 23.8. The zero-order valence-electron chi connectivity index (χ0n) is 19.6. The van der Waals surface area contributed by atoms with Crippen LogP contribution in [0.4, 0.5) is 5.69 Å². The van der Waals surface area contributed by atoms with Crippen LogP contribution in [0, 0.1) is 19.8 Å². The van der Waals surface area contributed by atoms with Crippen LogP contribution < -0.4 is 10.9 Å². The highest BCUT2D eigenvalue weighted by Gasteiger charge is 2.25. The summed E-state index contributed by atoms with van der Waals surface area (Å²) in [5.41, 5.74) is 4.79. The van der Waals surface area contributed by atoms with E-state index in [9.17, 15) is 9.59 Å². The number of carbonyl (C=O) groups is 1. The van der Waals surface area contributed by atoms with Crippen molar-refractivity contribution in [2.45, 2.75) is 45.2 Å². The average Bonchev–Trinajstić information content (AvgIpc) is 3.18. The summed E-state index contributed by atoms with van der Waals surface area (Å²) in [4.78, 5) is 33.6. The highest BCUT2D eigenvalue weighted by molar-refractivity contribution is 7.99. The van der Waals surface area contributed by atoms with E-state index in [1.807, 2.05) is 62.4 Å². The first-order valence-electron chi connectivity index (χ1n) is 11.5. The Bertz CT molecular complexity index is 1420. The molecule has 0 saturated carbocycles. The molecule has 5 rings (SSSR count). The van der Waals surface area contributed by atoms with Crippen molar-refractivity contribution in [3.63, 3.8) is 0 Å². The fraction of sp³-hybridized carbons (Fsp3) is 0.296. The predicted molar refractivity (Wildman–Crippen MR) is 142 cm³/mol. The normalized spacial score (nSPS) is 15.3. The van der Waals surface area contributed by atoms with Crippen molar-refractivity contribution in [3.05, 3.63) is 80.5 Å². The van der Waals surface area contributed by atoms with E-state index >= 15 is 0 Å². The van der Waals surface area contributed by atoms with Gasteiger partial charge in [-0.3, -0.25) is 14.2 Å². The van der Waals surface area contributed by atoms with Crippen LogP contribution in [0.15, 0.2) is 58.5 Å². The van der Waals surface area contributed by atoms with Crippen molar-refractivity contribution < 1.29 is 4.79 Å². The van der Waals surface area contributed by atoms with Gasteiger partial charge in [-0.05, 0) is 67.9 Å². The Balaban J connectivity index is 1.52. The maximum Gasteiger partial charge on any atom is 0.267 e. The largest absolute Gasteiger partial charge is 0.325 e. The first-order chi connectivity index (χ1) is 16.4. The highest BCUT2D eigenvalue weighted by atomic mass is 32.2. The summed E-state index contributed by atoms with van der Waals surface area (Å²) >= 11 is 2.94. The minimum Gasteiger partial charge on any atom is -0.325 e. The number of anilines is 1. The number of thiophene rings is 1. The lowest BCUT2D eigenvalue weighted by Crippen LogP contribution is -2.23. The van der Waals surface area contributed by atoms with Crippen molar-refractivity contribution in [3.8, 4) is 5.69 Å². The van der Waals surface area contributed by atoms with Gasteiger partial charge in [0, 0.05) is 10.6 Å². The number of thioether (sulfide) groups is 1. The van der Waals surface area contributed by atoms with Gasteiger partial charge in [0.15, 0.2) is 5.16 Å². The second-order valence-electron chi connectivity index (χ2n) is 9.01. The summed E-state index contributed by atoms with van der Waals surface area (Å²) in [6, 6.07) is 15.5. The van der Waals surface area contributed by atoms with Crippen LogP contribution in [0.2, 0.25) is 0 Å². The molecule has 1 N–H and O–H groups in total. The maximum absolute atomic E-state index is 13.8. The molecule has 2 aromatic carbocycles. The number of benzene rings is 2. The van der Waals surface area contributed by atoms with Gasteiger partial charge in [-0.1, -0.05) is 55.1 Å². The molecule has 0 aliphatic heterocycles. The molecular formula is C27H27N3O2S2. The third-order valence-electron chi connectivity index (χ3n) is 6.39. The topological polar surface area (TPSA) is 64.0 Å². The molecule has 0 spiro atoms. The Morgan fingerprint density at radius 1 is 1.15 bits per heavy atom. The van der Waals surface area contributed by atoms with Gasteiger partial charge in [-0.15, -0.1) is 11.3 Å². The number of aryl methyl sites for hydroxylation is 3. The predicted octanol–water partition coefficient (Wildman–Crippen LogP) is 5.92. The van der Waals surface area contributed by atoms with Crippen molar-refractivity contribution in [2.75, 3.05) is 11.1 Å². The molecule has 0 fully saturated rings. The minimum absolute atomic E-state index is 0.0408. The number of hydrogen-bond acceptors (Lipinski definition) is 5. The number of hydrogen-bond donors (Lipinski definition) is 1. The molecule has 7 heteroatoms. The SMILES string of the molecule is Cc1cccc(C)c1NC(=O)CSc1nc2sc3c(c2c(=O)n1-c1ccccc1)CC[C@@H](C)C3. The molecule has 34 heavy (non-hydrogen) atoms. The number of nitrogens with one attached hydrogen (secondary N) is 1. The molecule has 2 heterocycles. The van der Waals surface area contributed by atoms with Gasteiger partial charge < -0.3 is 5.32 Å². The number of carbonyl (C=O) groups excluding carboxylic acids is 1. The second kappa shape index (κ2) is 9.39. The van der Waals surface area contributed by atoms with Gasteiger partial charge in [0.2, 0.25) is 5.91 Å². The van der Waals surface area contributed by atoms with Crippen molar-refractivity contribution in [1.29, 1.82) is 0 Å². The molecule has 0 radical (unpaired) electrons. The van der Waals surface area contributed by atoms with E-state index in [2.05, 4.69) is 12.2 Å². The summed E-state index contributed by atoms with van der Waals surface area (Å²) in [6.07, 6.45) is 3.02. The van der Waals surface area contributed by atoms with Crippen molar-refractivity contribution >= 4 is 44.9 Å². The smallest absolute Gasteiger partial charge is 0.267 e. The summed E-state index contributed by atoms with van der Waals surface area (Å²) in [7, 11) is 0. The minimum atomic E-state index is -0.115. The number of aromatic nitrogens is 2. The molecule has 1 atom stereocenters. The molecule has 1 amide bonds. The van der Waals surface area contributed by atoms with Crippen LogP contribution in [0.5, 0.6) is 0 Å². The first kappa shape index (κ1) is 22.9. The summed E-state index contributed by atoms with van der Waals surface area (Å²) in [5, 5.41) is 4.33. The Labute approximate surface area is 207 Å². The molecular weight excluding hydrogens is 462 g/mol. The van der Waals surface area contributed by atoms with E-state index in [4.69, 9.17) is 4.98 Å². The Morgan fingerprint density at radius 3 is 2.62 bits per heavy atom. The van der Waals surface area contributed by atoms with Crippen LogP contribution in [0.1, 0.15) is 34.9 Å². The van der Waals surface area contributed by atoms with E-state index in [0.717, 1.165) is 52.0 Å². The average molecular weight is 490 g/mol. The van der Waals surface area contributed by atoms with Crippen LogP contribution in [-0.4, -0.2) is 21.2 Å². The Kier molecular flexibility index (Phi) is 6.32. The van der Waals surface area contributed by atoms with Gasteiger partial charge >= 0.3 is 0 Å². The fourth-order valence-electron chi connectivity index (χ4n) is 4.59. The monoisotopic (exact) mass is 489 g/mol.